The quantitative estimate of drug-likeness (QED) is 0.636. The summed E-state index contributed by atoms with van der Waals surface area (Å²) >= 11 is 0. The number of benzene rings is 2. The smallest absolute Gasteiger partial charge is 0.230 e. The SMILES string of the molecule is Cc1cc(N2CCC3(CCCN(Cc4ccc(F)cc4)C3=O)C2)c2ccccc2n1. The summed E-state index contributed by atoms with van der Waals surface area (Å²) in [5, 5.41) is 1.14. The Kier molecular flexibility index (Phi) is 4.69. The van der Waals surface area contributed by atoms with Crippen LogP contribution in [0.4, 0.5) is 10.1 Å². The number of amides is 1. The summed E-state index contributed by atoms with van der Waals surface area (Å²) in [4.78, 5) is 22.5. The molecule has 3 heterocycles. The fraction of sp³-hybridized carbons (Fsp3) is 0.360. The maximum Gasteiger partial charge on any atom is 0.230 e. The number of anilines is 1. The van der Waals surface area contributed by atoms with Crippen molar-refractivity contribution in [3.8, 4) is 0 Å². The molecule has 5 heteroatoms. The van der Waals surface area contributed by atoms with Crippen LogP contribution in [0.15, 0.2) is 54.6 Å². The van der Waals surface area contributed by atoms with Crippen LogP contribution in [0.1, 0.15) is 30.5 Å². The van der Waals surface area contributed by atoms with E-state index in [1.54, 1.807) is 12.1 Å². The minimum Gasteiger partial charge on any atom is -0.370 e. The predicted octanol–water partition coefficient (Wildman–Crippen LogP) is 4.70. The molecular weight excluding hydrogens is 377 g/mol. The normalized spacial score (nSPS) is 21.7. The number of carbonyl (C=O) groups excluding carboxylic acids is 1. The summed E-state index contributed by atoms with van der Waals surface area (Å²) in [7, 11) is 0. The second-order valence-electron chi connectivity index (χ2n) is 8.71. The highest BCUT2D eigenvalue weighted by Crippen LogP contribution is 2.43. The predicted molar refractivity (Wildman–Crippen MR) is 117 cm³/mol. The molecule has 0 saturated carbocycles. The molecule has 2 fully saturated rings. The number of para-hydroxylation sites is 1. The summed E-state index contributed by atoms with van der Waals surface area (Å²) in [5.74, 6) is 0.00200. The fourth-order valence-electron chi connectivity index (χ4n) is 5.12. The number of pyridine rings is 1. The lowest BCUT2D eigenvalue weighted by Gasteiger charge is -2.39. The third kappa shape index (κ3) is 3.32. The summed E-state index contributed by atoms with van der Waals surface area (Å²) in [5.41, 5.74) is 3.83. The Balaban J connectivity index is 1.40. The van der Waals surface area contributed by atoms with E-state index in [0.29, 0.717) is 6.54 Å². The molecule has 4 nitrogen and oxygen atoms in total. The van der Waals surface area contributed by atoms with Crippen LogP contribution in [0, 0.1) is 18.2 Å². The summed E-state index contributed by atoms with van der Waals surface area (Å²) < 4.78 is 13.2. The number of carbonyl (C=O) groups is 1. The van der Waals surface area contributed by atoms with Gasteiger partial charge in [-0.15, -0.1) is 0 Å². The van der Waals surface area contributed by atoms with Crippen LogP contribution in [-0.2, 0) is 11.3 Å². The van der Waals surface area contributed by atoms with Crippen LogP contribution in [0.3, 0.4) is 0 Å². The highest BCUT2D eigenvalue weighted by molar-refractivity contribution is 5.93. The van der Waals surface area contributed by atoms with Gasteiger partial charge in [0.25, 0.3) is 0 Å². The Morgan fingerprint density at radius 3 is 2.70 bits per heavy atom. The Morgan fingerprint density at radius 1 is 1.07 bits per heavy atom. The van der Waals surface area contributed by atoms with Crippen molar-refractivity contribution >= 4 is 22.5 Å². The molecule has 2 aliphatic rings. The largest absolute Gasteiger partial charge is 0.370 e. The van der Waals surface area contributed by atoms with Crippen molar-refractivity contribution in [2.45, 2.75) is 32.7 Å². The first kappa shape index (κ1) is 19.0. The Bertz CT molecular complexity index is 1100. The lowest BCUT2D eigenvalue weighted by Crippen LogP contribution is -2.49. The van der Waals surface area contributed by atoms with E-state index in [9.17, 15) is 9.18 Å². The third-order valence-corrected chi connectivity index (χ3v) is 6.63. The van der Waals surface area contributed by atoms with Crippen molar-refractivity contribution in [3.63, 3.8) is 0 Å². The number of aromatic nitrogens is 1. The van der Waals surface area contributed by atoms with Crippen LogP contribution in [-0.4, -0.2) is 35.4 Å². The van der Waals surface area contributed by atoms with Crippen molar-refractivity contribution in [2.24, 2.45) is 5.41 Å². The molecule has 30 heavy (non-hydrogen) atoms. The van der Waals surface area contributed by atoms with E-state index in [-0.39, 0.29) is 17.1 Å². The molecule has 154 valence electrons. The first-order valence-corrected chi connectivity index (χ1v) is 10.7. The van der Waals surface area contributed by atoms with Crippen molar-refractivity contribution in [1.82, 2.24) is 9.88 Å². The minimum absolute atomic E-state index is 0.244. The molecule has 2 saturated heterocycles. The second-order valence-corrected chi connectivity index (χ2v) is 8.71. The van der Waals surface area contributed by atoms with Crippen molar-refractivity contribution in [3.05, 3.63) is 71.7 Å². The van der Waals surface area contributed by atoms with Crippen LogP contribution >= 0.6 is 0 Å². The van der Waals surface area contributed by atoms with Gasteiger partial charge in [-0.1, -0.05) is 30.3 Å². The highest BCUT2D eigenvalue weighted by Gasteiger charge is 2.48. The molecular formula is C25H26FN3O. The standard InChI is InChI=1S/C25H26FN3O/c1-18-15-23(21-5-2-3-6-22(21)27-18)29-14-12-25(17-29)11-4-13-28(24(25)30)16-19-7-9-20(26)10-8-19/h2-3,5-10,15H,4,11-14,16-17H2,1H3. The first-order chi connectivity index (χ1) is 14.5. The lowest BCUT2D eigenvalue weighted by molar-refractivity contribution is -0.145. The average molecular weight is 404 g/mol. The van der Waals surface area contributed by atoms with Gasteiger partial charge >= 0.3 is 0 Å². The van der Waals surface area contributed by atoms with Gasteiger partial charge in [0.15, 0.2) is 0 Å². The number of piperidine rings is 1. The molecule has 0 N–H and O–H groups in total. The zero-order valence-electron chi connectivity index (χ0n) is 17.3. The third-order valence-electron chi connectivity index (χ3n) is 6.63. The summed E-state index contributed by atoms with van der Waals surface area (Å²) in [6.07, 6.45) is 2.82. The van der Waals surface area contributed by atoms with E-state index in [1.165, 1.54) is 17.8 Å². The molecule has 1 aromatic heterocycles. The number of hydrogen-bond donors (Lipinski definition) is 0. The topological polar surface area (TPSA) is 36.4 Å². The Morgan fingerprint density at radius 2 is 1.87 bits per heavy atom. The second kappa shape index (κ2) is 7.38. The van der Waals surface area contributed by atoms with E-state index >= 15 is 0 Å². The zero-order valence-corrected chi connectivity index (χ0v) is 17.3. The van der Waals surface area contributed by atoms with Crippen LogP contribution in [0.25, 0.3) is 10.9 Å². The number of rotatable bonds is 3. The number of hydrogen-bond acceptors (Lipinski definition) is 3. The molecule has 1 spiro atoms. The molecule has 1 unspecified atom stereocenters. The average Bonchev–Trinajstić information content (AvgIpc) is 3.17. The zero-order chi connectivity index (χ0) is 20.7. The Hall–Kier alpha value is -2.95. The van der Waals surface area contributed by atoms with Crippen LogP contribution < -0.4 is 4.90 Å². The van der Waals surface area contributed by atoms with E-state index in [2.05, 4.69) is 22.0 Å². The molecule has 2 aliphatic heterocycles. The molecule has 3 aromatic rings. The van der Waals surface area contributed by atoms with E-state index < -0.39 is 0 Å². The van der Waals surface area contributed by atoms with Gasteiger partial charge in [0.2, 0.25) is 5.91 Å². The van der Waals surface area contributed by atoms with Crippen molar-refractivity contribution in [2.75, 3.05) is 24.5 Å². The van der Waals surface area contributed by atoms with Crippen molar-refractivity contribution in [1.29, 1.82) is 0 Å². The van der Waals surface area contributed by atoms with Crippen LogP contribution in [0.5, 0.6) is 0 Å². The van der Waals surface area contributed by atoms with Gasteiger partial charge in [0.1, 0.15) is 5.82 Å². The lowest BCUT2D eigenvalue weighted by atomic mass is 9.78. The molecule has 0 radical (unpaired) electrons. The van der Waals surface area contributed by atoms with Gasteiger partial charge in [-0.05, 0) is 56.0 Å². The Labute approximate surface area is 176 Å². The van der Waals surface area contributed by atoms with Gasteiger partial charge in [-0.25, -0.2) is 4.39 Å². The number of halogens is 1. The van der Waals surface area contributed by atoms with Gasteiger partial charge in [-0.2, -0.15) is 0 Å². The maximum atomic E-state index is 13.5. The van der Waals surface area contributed by atoms with Crippen LogP contribution in [0.2, 0.25) is 0 Å². The highest BCUT2D eigenvalue weighted by atomic mass is 19.1. The number of fused-ring (bicyclic) bond motifs is 1. The van der Waals surface area contributed by atoms with Gasteiger partial charge in [-0.3, -0.25) is 9.78 Å². The summed E-state index contributed by atoms with van der Waals surface area (Å²) in [6, 6.07) is 16.9. The molecule has 5 rings (SSSR count). The van der Waals surface area contributed by atoms with E-state index in [1.807, 2.05) is 30.0 Å². The maximum absolute atomic E-state index is 13.5. The van der Waals surface area contributed by atoms with Gasteiger partial charge < -0.3 is 9.80 Å². The number of likely N-dealkylation sites (tertiary alicyclic amines) is 1. The van der Waals surface area contributed by atoms with E-state index in [0.717, 1.165) is 61.1 Å². The molecule has 1 amide bonds. The van der Waals surface area contributed by atoms with Gasteiger partial charge in [0, 0.05) is 42.9 Å². The van der Waals surface area contributed by atoms with Crippen molar-refractivity contribution < 1.29 is 9.18 Å². The molecule has 2 aromatic carbocycles. The number of aryl methyl sites for hydroxylation is 1. The van der Waals surface area contributed by atoms with Gasteiger partial charge in [0.05, 0.1) is 10.9 Å². The fourth-order valence-corrected chi connectivity index (χ4v) is 5.12. The monoisotopic (exact) mass is 403 g/mol. The number of nitrogens with zero attached hydrogens (tertiary/aromatic N) is 3. The first-order valence-electron chi connectivity index (χ1n) is 10.7. The molecule has 0 bridgehead atoms. The summed E-state index contributed by atoms with van der Waals surface area (Å²) in [6.45, 7) is 4.98. The molecule has 0 aliphatic carbocycles. The minimum atomic E-state index is -0.323. The molecule has 1 atom stereocenters. The van der Waals surface area contributed by atoms with E-state index in [4.69, 9.17) is 0 Å².